The maximum Gasteiger partial charge on any atom is 0.227 e. The quantitative estimate of drug-likeness (QED) is 0.663. The first-order chi connectivity index (χ1) is 7.58. The molecule has 1 N–H and O–H groups in total. The number of rotatable bonds is 1. The maximum absolute atomic E-state index is 11.5. The summed E-state index contributed by atoms with van der Waals surface area (Å²) in [6.07, 6.45) is 4.66. The molecule has 0 aromatic heterocycles. The molecule has 0 aromatic carbocycles. The molecule has 4 nitrogen and oxygen atoms in total. The first-order valence-electron chi connectivity index (χ1n) is 6.16. The molecule has 3 aliphatic rings. The largest absolute Gasteiger partial charge is 0.297 e. The molecular formula is C12H18N2O2. The van der Waals surface area contributed by atoms with Gasteiger partial charge in [-0.2, -0.15) is 0 Å². The molecule has 1 atom stereocenters. The second kappa shape index (κ2) is 3.29. The normalized spacial score (nSPS) is 34.4. The lowest BCUT2D eigenvalue weighted by molar-refractivity contribution is -0.137. The fourth-order valence-corrected chi connectivity index (χ4v) is 3.49. The summed E-state index contributed by atoms with van der Waals surface area (Å²) >= 11 is 0. The predicted molar refractivity (Wildman–Crippen MR) is 58.6 cm³/mol. The summed E-state index contributed by atoms with van der Waals surface area (Å²) in [5, 5.41) is 2.41. The monoisotopic (exact) mass is 222 g/mol. The average molecular weight is 222 g/mol. The van der Waals surface area contributed by atoms with Crippen molar-refractivity contribution in [3.8, 4) is 0 Å². The number of hydrogen-bond acceptors (Lipinski definition) is 3. The van der Waals surface area contributed by atoms with Crippen LogP contribution < -0.4 is 5.32 Å². The molecule has 16 heavy (non-hydrogen) atoms. The van der Waals surface area contributed by atoms with Gasteiger partial charge in [0.15, 0.2) is 0 Å². The fraction of sp³-hybridized carbons (Fsp3) is 0.833. The van der Waals surface area contributed by atoms with Crippen LogP contribution in [-0.4, -0.2) is 35.3 Å². The number of carbonyl (C=O) groups is 2. The van der Waals surface area contributed by atoms with Gasteiger partial charge in [0.2, 0.25) is 11.8 Å². The fourth-order valence-electron chi connectivity index (χ4n) is 3.49. The van der Waals surface area contributed by atoms with E-state index in [2.05, 4.69) is 17.1 Å². The molecule has 2 aliphatic heterocycles. The number of nitrogens with one attached hydrogen (secondary N) is 1. The van der Waals surface area contributed by atoms with Crippen LogP contribution in [0, 0.1) is 5.41 Å². The molecule has 1 unspecified atom stereocenters. The number of hydrogen-bond donors (Lipinski definition) is 1. The molecule has 88 valence electrons. The van der Waals surface area contributed by atoms with Crippen molar-refractivity contribution < 1.29 is 9.59 Å². The van der Waals surface area contributed by atoms with E-state index in [9.17, 15) is 9.59 Å². The molecule has 1 saturated carbocycles. The van der Waals surface area contributed by atoms with E-state index < -0.39 is 0 Å². The van der Waals surface area contributed by atoms with E-state index in [1.807, 2.05) is 0 Å². The van der Waals surface area contributed by atoms with Gasteiger partial charge < -0.3 is 0 Å². The van der Waals surface area contributed by atoms with E-state index >= 15 is 0 Å². The van der Waals surface area contributed by atoms with Gasteiger partial charge in [-0.3, -0.25) is 19.8 Å². The van der Waals surface area contributed by atoms with E-state index in [-0.39, 0.29) is 17.2 Å². The van der Waals surface area contributed by atoms with Crippen molar-refractivity contribution in [2.24, 2.45) is 5.41 Å². The molecule has 2 heterocycles. The van der Waals surface area contributed by atoms with E-state index in [4.69, 9.17) is 0 Å². The molecular weight excluding hydrogens is 204 g/mol. The molecule has 0 bridgehead atoms. The van der Waals surface area contributed by atoms with Gasteiger partial charge in [-0.05, 0) is 26.2 Å². The summed E-state index contributed by atoms with van der Waals surface area (Å²) < 4.78 is 0. The number of carbonyl (C=O) groups excluding carboxylic acids is 2. The Labute approximate surface area is 95.4 Å². The lowest BCUT2D eigenvalue weighted by Crippen LogP contribution is -2.46. The van der Waals surface area contributed by atoms with Crippen LogP contribution in [0.15, 0.2) is 0 Å². The lowest BCUT2D eigenvalue weighted by Gasteiger charge is -2.31. The average Bonchev–Trinajstić information content (AvgIpc) is 2.91. The Balaban J connectivity index is 1.78. The number of imide groups is 1. The van der Waals surface area contributed by atoms with Crippen molar-refractivity contribution in [1.29, 1.82) is 0 Å². The summed E-state index contributed by atoms with van der Waals surface area (Å²) in [5.41, 5.74) is -0.0541. The van der Waals surface area contributed by atoms with Crippen molar-refractivity contribution >= 4 is 11.8 Å². The van der Waals surface area contributed by atoms with Crippen LogP contribution in [0.5, 0.6) is 0 Å². The summed E-state index contributed by atoms with van der Waals surface area (Å²) in [4.78, 5) is 25.5. The van der Waals surface area contributed by atoms with E-state index in [1.165, 1.54) is 12.8 Å². The zero-order valence-electron chi connectivity index (χ0n) is 9.66. The van der Waals surface area contributed by atoms with E-state index in [0.29, 0.717) is 18.9 Å². The van der Waals surface area contributed by atoms with Crippen LogP contribution in [0.2, 0.25) is 0 Å². The molecule has 4 heteroatoms. The SMILES string of the molecule is CC1CC2(CC(=O)NC(=O)C2)CN1C1CC1. The highest BCUT2D eigenvalue weighted by Gasteiger charge is 2.50. The Morgan fingerprint density at radius 3 is 2.44 bits per heavy atom. The molecule has 2 saturated heterocycles. The summed E-state index contributed by atoms with van der Waals surface area (Å²) in [5.74, 6) is -0.165. The van der Waals surface area contributed by atoms with Crippen molar-refractivity contribution in [3.05, 3.63) is 0 Å². The van der Waals surface area contributed by atoms with Crippen LogP contribution in [0.1, 0.15) is 39.0 Å². The smallest absolute Gasteiger partial charge is 0.227 e. The number of nitrogens with zero attached hydrogens (tertiary/aromatic N) is 1. The summed E-state index contributed by atoms with van der Waals surface area (Å²) in [6, 6.07) is 1.26. The topological polar surface area (TPSA) is 49.4 Å². The zero-order chi connectivity index (χ0) is 11.3. The second-order valence-corrected chi connectivity index (χ2v) is 5.78. The zero-order valence-corrected chi connectivity index (χ0v) is 9.66. The maximum atomic E-state index is 11.5. The van der Waals surface area contributed by atoms with Crippen molar-refractivity contribution in [3.63, 3.8) is 0 Å². The van der Waals surface area contributed by atoms with Gasteiger partial charge in [0.25, 0.3) is 0 Å². The Hall–Kier alpha value is -0.900. The molecule has 1 spiro atoms. The number of piperidine rings is 1. The molecule has 1 aliphatic carbocycles. The van der Waals surface area contributed by atoms with Crippen LogP contribution in [-0.2, 0) is 9.59 Å². The first kappa shape index (κ1) is 10.3. The summed E-state index contributed by atoms with van der Waals surface area (Å²) in [7, 11) is 0. The highest BCUT2D eigenvalue weighted by atomic mass is 16.2. The Kier molecular flexibility index (Phi) is 2.11. The Morgan fingerprint density at radius 1 is 1.25 bits per heavy atom. The number of likely N-dealkylation sites (tertiary alicyclic amines) is 1. The van der Waals surface area contributed by atoms with Crippen LogP contribution >= 0.6 is 0 Å². The third-order valence-corrected chi connectivity index (χ3v) is 4.18. The first-order valence-corrected chi connectivity index (χ1v) is 6.16. The number of amides is 2. The van der Waals surface area contributed by atoms with Crippen LogP contribution in [0.4, 0.5) is 0 Å². The van der Waals surface area contributed by atoms with Crippen molar-refractivity contribution in [2.45, 2.75) is 51.1 Å². The van der Waals surface area contributed by atoms with Crippen molar-refractivity contribution in [2.75, 3.05) is 6.54 Å². The third kappa shape index (κ3) is 1.65. The molecule has 0 aromatic rings. The van der Waals surface area contributed by atoms with Gasteiger partial charge in [0.1, 0.15) is 0 Å². The molecule has 3 rings (SSSR count). The predicted octanol–water partition coefficient (Wildman–Crippen LogP) is 0.666. The van der Waals surface area contributed by atoms with E-state index in [1.54, 1.807) is 0 Å². The van der Waals surface area contributed by atoms with Gasteiger partial charge in [-0.15, -0.1) is 0 Å². The van der Waals surface area contributed by atoms with Gasteiger partial charge >= 0.3 is 0 Å². The minimum Gasteiger partial charge on any atom is -0.297 e. The van der Waals surface area contributed by atoms with Crippen LogP contribution in [0.3, 0.4) is 0 Å². The van der Waals surface area contributed by atoms with Gasteiger partial charge in [-0.1, -0.05) is 0 Å². The Bertz CT molecular complexity index is 333. The Morgan fingerprint density at radius 2 is 1.88 bits per heavy atom. The highest BCUT2D eigenvalue weighted by Crippen LogP contribution is 2.46. The van der Waals surface area contributed by atoms with Gasteiger partial charge in [0, 0.05) is 36.9 Å². The van der Waals surface area contributed by atoms with E-state index in [0.717, 1.165) is 19.0 Å². The second-order valence-electron chi connectivity index (χ2n) is 5.78. The van der Waals surface area contributed by atoms with Crippen LogP contribution in [0.25, 0.3) is 0 Å². The molecule has 2 amide bonds. The highest BCUT2D eigenvalue weighted by molar-refractivity contribution is 5.98. The third-order valence-electron chi connectivity index (χ3n) is 4.18. The summed E-state index contributed by atoms with van der Waals surface area (Å²) in [6.45, 7) is 3.17. The molecule has 3 fully saturated rings. The standard InChI is InChI=1S/C12H18N2O2/c1-8-4-12(7-14(8)9-2-3-9)5-10(15)13-11(16)6-12/h8-9H,2-7H2,1H3,(H,13,15,16). The minimum atomic E-state index is -0.0823. The van der Waals surface area contributed by atoms with Gasteiger partial charge in [-0.25, -0.2) is 0 Å². The minimum absolute atomic E-state index is 0.0541. The van der Waals surface area contributed by atoms with Gasteiger partial charge in [0.05, 0.1) is 0 Å². The molecule has 0 radical (unpaired) electrons. The van der Waals surface area contributed by atoms with Crippen molar-refractivity contribution in [1.82, 2.24) is 10.2 Å². The lowest BCUT2D eigenvalue weighted by atomic mass is 9.76.